The van der Waals surface area contributed by atoms with Crippen LogP contribution in [0, 0.1) is 0 Å². The van der Waals surface area contributed by atoms with Crippen molar-refractivity contribution in [1.29, 1.82) is 0 Å². The van der Waals surface area contributed by atoms with E-state index in [2.05, 4.69) is 10.4 Å². The Hall–Kier alpha value is -2.70. The first kappa shape index (κ1) is 15.2. The number of nitrogens with two attached hydrogens (primary N) is 1. The molecule has 23 heavy (non-hydrogen) atoms. The summed E-state index contributed by atoms with van der Waals surface area (Å²) in [4.78, 5) is 17.1. The summed E-state index contributed by atoms with van der Waals surface area (Å²) in [6.07, 6.45) is 1.83. The maximum Gasteiger partial charge on any atom is 0.265 e. The SMILES string of the molecule is COc1ccc(-c2cnc(-c3cccc(C(=O)NN)c3)s2)cc1. The summed E-state index contributed by atoms with van der Waals surface area (Å²) in [6, 6.07) is 15.0. The summed E-state index contributed by atoms with van der Waals surface area (Å²) in [5, 5.41) is 0.850. The molecule has 0 saturated carbocycles. The van der Waals surface area contributed by atoms with Gasteiger partial charge in [-0.1, -0.05) is 12.1 Å². The van der Waals surface area contributed by atoms with Gasteiger partial charge in [-0.3, -0.25) is 10.2 Å². The molecule has 0 aliphatic rings. The van der Waals surface area contributed by atoms with Gasteiger partial charge in [-0.25, -0.2) is 10.8 Å². The minimum absolute atomic E-state index is 0.321. The van der Waals surface area contributed by atoms with Crippen molar-refractivity contribution < 1.29 is 9.53 Å². The van der Waals surface area contributed by atoms with Gasteiger partial charge in [-0.2, -0.15) is 0 Å². The predicted molar refractivity (Wildman–Crippen MR) is 91.2 cm³/mol. The molecule has 1 amide bonds. The highest BCUT2D eigenvalue weighted by molar-refractivity contribution is 7.18. The number of rotatable bonds is 4. The summed E-state index contributed by atoms with van der Waals surface area (Å²) in [7, 11) is 1.64. The maximum absolute atomic E-state index is 11.6. The van der Waals surface area contributed by atoms with E-state index >= 15 is 0 Å². The monoisotopic (exact) mass is 325 g/mol. The van der Waals surface area contributed by atoms with E-state index in [9.17, 15) is 4.79 Å². The first-order valence-corrected chi connectivity index (χ1v) is 7.74. The van der Waals surface area contributed by atoms with Crippen molar-refractivity contribution in [2.45, 2.75) is 0 Å². The van der Waals surface area contributed by atoms with Crippen LogP contribution >= 0.6 is 11.3 Å². The molecule has 0 bridgehead atoms. The molecule has 5 nitrogen and oxygen atoms in total. The first-order chi connectivity index (χ1) is 11.2. The predicted octanol–water partition coefficient (Wildman–Crippen LogP) is 3.09. The average molecular weight is 325 g/mol. The lowest BCUT2D eigenvalue weighted by Crippen LogP contribution is -2.29. The molecule has 0 unspecified atom stereocenters. The minimum atomic E-state index is -0.321. The van der Waals surface area contributed by atoms with Crippen molar-refractivity contribution in [2.24, 2.45) is 5.84 Å². The van der Waals surface area contributed by atoms with Crippen LogP contribution in [-0.4, -0.2) is 18.0 Å². The number of ether oxygens (including phenoxy) is 1. The normalized spacial score (nSPS) is 10.3. The molecule has 0 spiro atoms. The Morgan fingerprint density at radius 2 is 1.96 bits per heavy atom. The van der Waals surface area contributed by atoms with Crippen LogP contribution < -0.4 is 16.0 Å². The largest absolute Gasteiger partial charge is 0.497 e. The van der Waals surface area contributed by atoms with Gasteiger partial charge in [0.1, 0.15) is 10.8 Å². The van der Waals surface area contributed by atoms with Gasteiger partial charge in [0.05, 0.1) is 12.0 Å². The highest BCUT2D eigenvalue weighted by atomic mass is 32.1. The fraction of sp³-hybridized carbons (Fsp3) is 0.0588. The van der Waals surface area contributed by atoms with Gasteiger partial charge >= 0.3 is 0 Å². The van der Waals surface area contributed by atoms with Crippen molar-refractivity contribution in [3.8, 4) is 26.8 Å². The molecule has 1 heterocycles. The molecule has 0 radical (unpaired) electrons. The van der Waals surface area contributed by atoms with E-state index < -0.39 is 0 Å². The molecule has 0 fully saturated rings. The molecule has 0 aliphatic heterocycles. The number of amides is 1. The molecule has 3 rings (SSSR count). The van der Waals surface area contributed by atoms with Gasteiger partial charge in [0.2, 0.25) is 0 Å². The molecular weight excluding hydrogens is 310 g/mol. The van der Waals surface area contributed by atoms with Gasteiger partial charge in [0.15, 0.2) is 0 Å². The zero-order valence-corrected chi connectivity index (χ0v) is 13.3. The third-order valence-electron chi connectivity index (χ3n) is 3.38. The highest BCUT2D eigenvalue weighted by Gasteiger charge is 2.09. The number of thiazole rings is 1. The van der Waals surface area contributed by atoms with Crippen LogP contribution in [0.4, 0.5) is 0 Å². The Balaban J connectivity index is 1.90. The van der Waals surface area contributed by atoms with Crippen LogP contribution in [0.3, 0.4) is 0 Å². The number of nitrogen functional groups attached to an aromatic ring is 1. The number of hydrogen-bond acceptors (Lipinski definition) is 5. The number of benzene rings is 2. The topological polar surface area (TPSA) is 77.2 Å². The molecule has 0 aliphatic carbocycles. The van der Waals surface area contributed by atoms with Crippen LogP contribution in [0.2, 0.25) is 0 Å². The summed E-state index contributed by atoms with van der Waals surface area (Å²) < 4.78 is 5.17. The highest BCUT2D eigenvalue weighted by Crippen LogP contribution is 2.33. The van der Waals surface area contributed by atoms with Crippen molar-refractivity contribution in [2.75, 3.05) is 7.11 Å². The number of hydrogen-bond donors (Lipinski definition) is 2. The minimum Gasteiger partial charge on any atom is -0.497 e. The van der Waals surface area contributed by atoms with Crippen LogP contribution in [0.15, 0.2) is 54.7 Å². The number of hydrazine groups is 1. The zero-order valence-electron chi connectivity index (χ0n) is 12.4. The van der Waals surface area contributed by atoms with Crippen molar-refractivity contribution >= 4 is 17.2 Å². The fourth-order valence-corrected chi connectivity index (χ4v) is 3.09. The quantitative estimate of drug-likeness (QED) is 0.439. The van der Waals surface area contributed by atoms with E-state index in [4.69, 9.17) is 10.6 Å². The number of aromatic nitrogens is 1. The molecule has 0 saturated heterocycles. The van der Waals surface area contributed by atoms with Gasteiger partial charge in [0.25, 0.3) is 5.91 Å². The zero-order chi connectivity index (χ0) is 16.2. The van der Waals surface area contributed by atoms with E-state index in [1.54, 1.807) is 30.6 Å². The van der Waals surface area contributed by atoms with E-state index in [0.29, 0.717) is 5.56 Å². The summed E-state index contributed by atoms with van der Waals surface area (Å²) in [5.74, 6) is 5.67. The molecule has 3 N–H and O–H groups in total. The summed E-state index contributed by atoms with van der Waals surface area (Å²) in [6.45, 7) is 0. The van der Waals surface area contributed by atoms with Crippen LogP contribution in [0.1, 0.15) is 10.4 Å². The number of methoxy groups -OCH3 is 1. The Morgan fingerprint density at radius 1 is 1.17 bits per heavy atom. The molecule has 3 aromatic rings. The molecule has 0 atom stereocenters. The van der Waals surface area contributed by atoms with E-state index in [1.165, 1.54) is 0 Å². The summed E-state index contributed by atoms with van der Waals surface area (Å²) >= 11 is 1.57. The van der Waals surface area contributed by atoms with E-state index in [0.717, 1.165) is 26.8 Å². The lowest BCUT2D eigenvalue weighted by Gasteiger charge is -2.02. The lowest BCUT2D eigenvalue weighted by atomic mass is 10.1. The maximum atomic E-state index is 11.6. The van der Waals surface area contributed by atoms with E-state index in [1.807, 2.05) is 42.6 Å². The Bertz CT molecular complexity index is 828. The van der Waals surface area contributed by atoms with Crippen molar-refractivity contribution in [1.82, 2.24) is 10.4 Å². The average Bonchev–Trinajstić information content (AvgIpc) is 3.11. The fourth-order valence-electron chi connectivity index (χ4n) is 2.17. The van der Waals surface area contributed by atoms with Crippen molar-refractivity contribution in [3.05, 3.63) is 60.3 Å². The Labute approximate surface area is 137 Å². The van der Waals surface area contributed by atoms with Crippen LogP contribution in [0.25, 0.3) is 21.0 Å². The number of carbonyl (C=O) groups excluding carboxylic acids is 1. The standard InChI is InChI=1S/C17H15N3O2S/c1-22-14-7-5-11(6-8-14)15-10-19-17(23-15)13-4-2-3-12(9-13)16(21)20-18/h2-10H,18H2,1H3,(H,20,21). The molecule has 2 aromatic carbocycles. The van der Waals surface area contributed by atoms with Gasteiger partial charge in [0, 0.05) is 17.3 Å². The van der Waals surface area contributed by atoms with Crippen molar-refractivity contribution in [3.63, 3.8) is 0 Å². The van der Waals surface area contributed by atoms with E-state index in [-0.39, 0.29) is 5.91 Å². The van der Waals surface area contributed by atoms with Gasteiger partial charge < -0.3 is 4.74 Å². The number of carbonyl (C=O) groups is 1. The van der Waals surface area contributed by atoms with Gasteiger partial charge in [-0.05, 0) is 42.0 Å². The molecule has 6 heteroatoms. The second-order valence-electron chi connectivity index (χ2n) is 4.81. The second-order valence-corrected chi connectivity index (χ2v) is 5.84. The molecule has 116 valence electrons. The smallest absolute Gasteiger partial charge is 0.265 e. The summed E-state index contributed by atoms with van der Waals surface area (Å²) in [5.41, 5.74) is 4.60. The number of nitrogens with one attached hydrogen (secondary N) is 1. The number of nitrogens with zero attached hydrogens (tertiary/aromatic N) is 1. The van der Waals surface area contributed by atoms with Gasteiger partial charge in [-0.15, -0.1) is 11.3 Å². The first-order valence-electron chi connectivity index (χ1n) is 6.93. The third kappa shape index (κ3) is 3.23. The third-order valence-corrected chi connectivity index (χ3v) is 4.48. The Kier molecular flexibility index (Phi) is 4.36. The van der Waals surface area contributed by atoms with Crippen LogP contribution in [0.5, 0.6) is 5.75 Å². The lowest BCUT2D eigenvalue weighted by molar-refractivity contribution is 0.0953. The van der Waals surface area contributed by atoms with Crippen LogP contribution in [-0.2, 0) is 0 Å². The second kappa shape index (κ2) is 6.60. The Morgan fingerprint density at radius 3 is 2.65 bits per heavy atom. The molecular formula is C17H15N3O2S. The molecule has 1 aromatic heterocycles.